The van der Waals surface area contributed by atoms with E-state index in [2.05, 4.69) is 39.8 Å². The highest BCUT2D eigenvalue weighted by Crippen LogP contribution is 2.55. The lowest BCUT2D eigenvalue weighted by molar-refractivity contribution is -0.0146. The van der Waals surface area contributed by atoms with Gasteiger partial charge in [0.25, 0.3) is 0 Å². The lowest BCUT2D eigenvalue weighted by Gasteiger charge is -2.49. The van der Waals surface area contributed by atoms with Gasteiger partial charge in [0.05, 0.1) is 7.11 Å². The Balaban J connectivity index is 1.98. The van der Waals surface area contributed by atoms with Crippen LogP contribution in [0.3, 0.4) is 0 Å². The van der Waals surface area contributed by atoms with Crippen molar-refractivity contribution in [3.05, 3.63) is 23.3 Å². The minimum Gasteiger partial charge on any atom is -0.496 e. The molecule has 1 aromatic carbocycles. The van der Waals surface area contributed by atoms with E-state index in [9.17, 15) is 0 Å². The summed E-state index contributed by atoms with van der Waals surface area (Å²) in [4.78, 5) is 0. The third-order valence-electron chi connectivity index (χ3n) is 6.20. The molecule has 0 N–H and O–H groups in total. The van der Waals surface area contributed by atoms with Gasteiger partial charge in [-0.05, 0) is 69.1 Å². The number of hydrogen-bond donors (Lipinski definition) is 0. The SMILES string of the molecule is CCCCCc1cc(OC)c2c(c1)OC(C)(C)C1CCC(C)CC21. The van der Waals surface area contributed by atoms with Gasteiger partial charge in [0.2, 0.25) is 0 Å². The topological polar surface area (TPSA) is 18.5 Å². The summed E-state index contributed by atoms with van der Waals surface area (Å²) in [5, 5.41) is 0. The Morgan fingerprint density at radius 3 is 2.71 bits per heavy atom. The van der Waals surface area contributed by atoms with Gasteiger partial charge in [-0.15, -0.1) is 0 Å². The molecule has 0 spiro atoms. The van der Waals surface area contributed by atoms with Crippen molar-refractivity contribution in [3.63, 3.8) is 0 Å². The van der Waals surface area contributed by atoms with E-state index >= 15 is 0 Å². The molecular formula is C22H34O2. The van der Waals surface area contributed by atoms with Crippen LogP contribution in [0.4, 0.5) is 0 Å². The average Bonchev–Trinajstić information content (AvgIpc) is 2.53. The van der Waals surface area contributed by atoms with E-state index in [1.807, 2.05) is 7.11 Å². The zero-order valence-electron chi connectivity index (χ0n) is 16.2. The first-order valence-corrected chi connectivity index (χ1v) is 9.86. The summed E-state index contributed by atoms with van der Waals surface area (Å²) in [6.07, 6.45) is 8.74. The van der Waals surface area contributed by atoms with Gasteiger partial charge in [-0.3, -0.25) is 0 Å². The van der Waals surface area contributed by atoms with Crippen molar-refractivity contribution >= 4 is 0 Å². The highest BCUT2D eigenvalue weighted by Gasteiger charge is 2.47. The first-order valence-electron chi connectivity index (χ1n) is 9.86. The monoisotopic (exact) mass is 330 g/mol. The fraction of sp³-hybridized carbons (Fsp3) is 0.727. The number of aryl methyl sites for hydroxylation is 1. The van der Waals surface area contributed by atoms with Gasteiger partial charge in [-0.25, -0.2) is 0 Å². The van der Waals surface area contributed by atoms with E-state index in [-0.39, 0.29) is 5.60 Å². The lowest BCUT2D eigenvalue weighted by atomic mass is 9.64. The molecule has 3 rings (SSSR count). The van der Waals surface area contributed by atoms with Crippen LogP contribution >= 0.6 is 0 Å². The van der Waals surface area contributed by atoms with Crippen molar-refractivity contribution in [1.82, 2.24) is 0 Å². The summed E-state index contributed by atoms with van der Waals surface area (Å²) in [6.45, 7) is 9.20. The quantitative estimate of drug-likeness (QED) is 0.606. The van der Waals surface area contributed by atoms with E-state index in [1.165, 1.54) is 49.7 Å². The van der Waals surface area contributed by atoms with Crippen molar-refractivity contribution in [2.75, 3.05) is 7.11 Å². The van der Waals surface area contributed by atoms with E-state index in [0.29, 0.717) is 11.8 Å². The molecular weight excluding hydrogens is 296 g/mol. The van der Waals surface area contributed by atoms with Crippen molar-refractivity contribution in [1.29, 1.82) is 0 Å². The highest BCUT2D eigenvalue weighted by atomic mass is 16.5. The number of unbranched alkanes of at least 4 members (excludes halogenated alkanes) is 2. The van der Waals surface area contributed by atoms with Crippen LogP contribution < -0.4 is 9.47 Å². The average molecular weight is 331 g/mol. The van der Waals surface area contributed by atoms with Gasteiger partial charge >= 0.3 is 0 Å². The molecule has 134 valence electrons. The Bertz CT molecular complexity index is 576. The number of fused-ring (bicyclic) bond motifs is 3. The molecule has 0 aromatic heterocycles. The maximum atomic E-state index is 6.53. The van der Waals surface area contributed by atoms with Crippen LogP contribution in [0.15, 0.2) is 12.1 Å². The molecule has 3 atom stereocenters. The fourth-order valence-electron chi connectivity index (χ4n) is 4.89. The zero-order chi connectivity index (χ0) is 17.3. The molecule has 0 bridgehead atoms. The van der Waals surface area contributed by atoms with Crippen LogP contribution in [0.25, 0.3) is 0 Å². The molecule has 1 heterocycles. The number of methoxy groups -OCH3 is 1. The van der Waals surface area contributed by atoms with Crippen LogP contribution in [-0.4, -0.2) is 12.7 Å². The normalized spacial score (nSPS) is 27.8. The second-order valence-electron chi connectivity index (χ2n) is 8.50. The van der Waals surface area contributed by atoms with Crippen molar-refractivity contribution < 1.29 is 9.47 Å². The van der Waals surface area contributed by atoms with Gasteiger partial charge in [0.1, 0.15) is 17.1 Å². The summed E-state index contributed by atoms with van der Waals surface area (Å²) in [6, 6.07) is 4.57. The molecule has 1 aliphatic heterocycles. The Hall–Kier alpha value is -1.18. The highest BCUT2D eigenvalue weighted by molar-refractivity contribution is 5.52. The minimum atomic E-state index is -0.0785. The van der Waals surface area contributed by atoms with Crippen molar-refractivity contribution in [2.24, 2.45) is 11.8 Å². The summed E-state index contributed by atoms with van der Waals surface area (Å²) < 4.78 is 12.4. The minimum absolute atomic E-state index is 0.0785. The Labute approximate surface area is 147 Å². The third-order valence-corrected chi connectivity index (χ3v) is 6.20. The summed E-state index contributed by atoms with van der Waals surface area (Å²) in [7, 11) is 1.81. The summed E-state index contributed by atoms with van der Waals surface area (Å²) in [5.41, 5.74) is 2.62. The molecule has 1 saturated carbocycles. The molecule has 2 heteroatoms. The molecule has 1 aromatic rings. The molecule has 24 heavy (non-hydrogen) atoms. The smallest absolute Gasteiger partial charge is 0.127 e. The van der Waals surface area contributed by atoms with Crippen LogP contribution in [-0.2, 0) is 6.42 Å². The molecule has 0 radical (unpaired) electrons. The molecule has 3 unspecified atom stereocenters. The van der Waals surface area contributed by atoms with E-state index in [0.717, 1.165) is 23.8 Å². The molecule has 2 nitrogen and oxygen atoms in total. The van der Waals surface area contributed by atoms with Crippen LogP contribution in [0.2, 0.25) is 0 Å². The van der Waals surface area contributed by atoms with E-state index < -0.39 is 0 Å². The van der Waals surface area contributed by atoms with Crippen molar-refractivity contribution in [2.45, 2.75) is 84.2 Å². The largest absolute Gasteiger partial charge is 0.496 e. The third kappa shape index (κ3) is 3.30. The summed E-state index contributed by atoms with van der Waals surface area (Å²) >= 11 is 0. The molecule has 1 fully saturated rings. The fourth-order valence-corrected chi connectivity index (χ4v) is 4.89. The number of hydrogen-bond acceptors (Lipinski definition) is 2. The van der Waals surface area contributed by atoms with E-state index in [1.54, 1.807) is 0 Å². The molecule has 0 saturated heterocycles. The first-order chi connectivity index (χ1) is 11.5. The van der Waals surface area contributed by atoms with Crippen molar-refractivity contribution in [3.8, 4) is 11.5 Å². The predicted molar refractivity (Wildman–Crippen MR) is 100 cm³/mol. The molecule has 0 amide bonds. The molecule has 1 aliphatic carbocycles. The van der Waals surface area contributed by atoms with Gasteiger partial charge < -0.3 is 9.47 Å². The van der Waals surface area contributed by atoms with Gasteiger partial charge in [-0.2, -0.15) is 0 Å². The van der Waals surface area contributed by atoms with Crippen LogP contribution in [0.5, 0.6) is 11.5 Å². The lowest BCUT2D eigenvalue weighted by Crippen LogP contribution is -2.46. The zero-order valence-corrected chi connectivity index (χ0v) is 16.2. The Kier molecular flexibility index (Phi) is 5.13. The predicted octanol–water partition coefficient (Wildman–Crippen LogP) is 6.12. The number of ether oxygens (including phenoxy) is 2. The number of benzene rings is 1. The second-order valence-corrected chi connectivity index (χ2v) is 8.50. The summed E-state index contributed by atoms with van der Waals surface area (Å²) in [5.74, 6) is 4.11. The maximum absolute atomic E-state index is 6.53. The van der Waals surface area contributed by atoms with Crippen LogP contribution in [0, 0.1) is 11.8 Å². The molecule has 2 aliphatic rings. The van der Waals surface area contributed by atoms with E-state index in [4.69, 9.17) is 9.47 Å². The Morgan fingerprint density at radius 1 is 1.21 bits per heavy atom. The van der Waals surface area contributed by atoms with Crippen LogP contribution in [0.1, 0.15) is 83.3 Å². The van der Waals surface area contributed by atoms with Gasteiger partial charge in [0, 0.05) is 11.5 Å². The van der Waals surface area contributed by atoms with Gasteiger partial charge in [0.15, 0.2) is 0 Å². The Morgan fingerprint density at radius 2 is 2.00 bits per heavy atom. The number of rotatable bonds is 5. The maximum Gasteiger partial charge on any atom is 0.127 e. The standard InChI is InChI=1S/C22H34O2/c1-6-7-8-9-16-13-19(23-5)21-17-12-15(2)10-11-18(17)22(3,4)24-20(21)14-16/h13-15,17-18H,6-12H2,1-5H3. The second kappa shape index (κ2) is 6.98. The van der Waals surface area contributed by atoms with Gasteiger partial charge in [-0.1, -0.05) is 33.1 Å². The first kappa shape index (κ1) is 17.6.